The smallest absolute Gasteiger partial charge is 0.176 e. The number of methoxy groups -OCH3 is 1. The molecule has 0 amide bonds. The molecule has 5 heteroatoms. The molecule has 1 heterocycles. The van der Waals surface area contributed by atoms with E-state index in [4.69, 9.17) is 10.5 Å². The fourth-order valence-corrected chi connectivity index (χ4v) is 3.07. The summed E-state index contributed by atoms with van der Waals surface area (Å²) in [5.74, 6) is 0.506. The van der Waals surface area contributed by atoms with Gasteiger partial charge in [0.2, 0.25) is 0 Å². The molecule has 0 atom stereocenters. The van der Waals surface area contributed by atoms with Crippen LogP contribution in [0.3, 0.4) is 0 Å². The highest BCUT2D eigenvalue weighted by Gasteiger charge is 2.19. The number of nitrogens with one attached hydrogen (secondary N) is 1. The number of rotatable bonds is 6. The van der Waals surface area contributed by atoms with E-state index in [2.05, 4.69) is 36.5 Å². The van der Waals surface area contributed by atoms with Crippen LogP contribution in [-0.2, 0) is 13.0 Å². The van der Waals surface area contributed by atoms with Crippen LogP contribution < -0.4 is 15.8 Å². The molecule has 112 valence electrons. The Balaban J connectivity index is 2.15. The molecule has 1 aromatic carbocycles. The average Bonchev–Trinajstić information content (AvgIpc) is 2.81. The second-order valence-corrected chi connectivity index (χ2v) is 5.81. The molecule has 0 saturated heterocycles. The van der Waals surface area contributed by atoms with E-state index in [0.29, 0.717) is 22.9 Å². The number of ketones is 1. The highest BCUT2D eigenvalue weighted by molar-refractivity contribution is 7.19. The highest BCUT2D eigenvalue weighted by Crippen LogP contribution is 2.42. The van der Waals surface area contributed by atoms with Gasteiger partial charge >= 0.3 is 0 Å². The number of ether oxygens (including phenoxy) is 1. The molecule has 0 aliphatic heterocycles. The summed E-state index contributed by atoms with van der Waals surface area (Å²) in [6.07, 6.45) is 1.03. The second-order valence-electron chi connectivity index (χ2n) is 4.79. The summed E-state index contributed by atoms with van der Waals surface area (Å²) >= 11 is 1.34. The lowest BCUT2D eigenvalue weighted by Crippen LogP contribution is -2.00. The largest absolute Gasteiger partial charge is 0.492 e. The van der Waals surface area contributed by atoms with Gasteiger partial charge in [-0.3, -0.25) is 4.79 Å². The third-order valence-corrected chi connectivity index (χ3v) is 4.55. The van der Waals surface area contributed by atoms with Crippen LogP contribution in [-0.4, -0.2) is 12.9 Å². The molecule has 2 aromatic rings. The first kappa shape index (κ1) is 15.4. The molecule has 4 nitrogen and oxygen atoms in total. The normalized spacial score (nSPS) is 10.4. The maximum Gasteiger partial charge on any atom is 0.176 e. The van der Waals surface area contributed by atoms with E-state index in [9.17, 15) is 4.79 Å². The van der Waals surface area contributed by atoms with Crippen molar-refractivity contribution in [3.05, 3.63) is 40.3 Å². The van der Waals surface area contributed by atoms with E-state index in [-0.39, 0.29) is 5.78 Å². The Morgan fingerprint density at radius 2 is 1.90 bits per heavy atom. The summed E-state index contributed by atoms with van der Waals surface area (Å²) in [4.78, 5) is 12.1. The first-order chi connectivity index (χ1) is 10.1. The van der Waals surface area contributed by atoms with E-state index < -0.39 is 0 Å². The molecular weight excluding hydrogens is 284 g/mol. The molecule has 0 fully saturated rings. The summed E-state index contributed by atoms with van der Waals surface area (Å²) in [7, 11) is 1.56. The van der Waals surface area contributed by atoms with Gasteiger partial charge in [-0.15, -0.1) is 11.3 Å². The van der Waals surface area contributed by atoms with Crippen molar-refractivity contribution in [3.63, 3.8) is 0 Å². The third-order valence-electron chi connectivity index (χ3n) is 3.31. The van der Waals surface area contributed by atoms with Gasteiger partial charge in [0, 0.05) is 13.5 Å². The van der Waals surface area contributed by atoms with Crippen LogP contribution in [0.4, 0.5) is 10.7 Å². The molecule has 2 rings (SSSR count). The van der Waals surface area contributed by atoms with Crippen LogP contribution in [0.2, 0.25) is 0 Å². The van der Waals surface area contributed by atoms with Gasteiger partial charge in [0.1, 0.15) is 5.00 Å². The third kappa shape index (κ3) is 3.36. The van der Waals surface area contributed by atoms with E-state index in [1.165, 1.54) is 29.4 Å². The Kier molecular flexibility index (Phi) is 4.85. The van der Waals surface area contributed by atoms with E-state index in [1.807, 2.05) is 0 Å². The predicted molar refractivity (Wildman–Crippen MR) is 88.4 cm³/mol. The fraction of sp³-hybridized carbons (Fsp3) is 0.312. The van der Waals surface area contributed by atoms with Crippen molar-refractivity contribution in [1.29, 1.82) is 0 Å². The SMILES string of the molecule is CCc1ccc(CNc2sc(C(C)=O)c(N)c2OC)cc1. The summed E-state index contributed by atoms with van der Waals surface area (Å²) in [6.45, 7) is 4.31. The summed E-state index contributed by atoms with van der Waals surface area (Å²) in [5.41, 5.74) is 8.85. The lowest BCUT2D eigenvalue weighted by atomic mass is 10.1. The highest BCUT2D eigenvalue weighted by atomic mass is 32.1. The van der Waals surface area contributed by atoms with Crippen molar-refractivity contribution in [2.45, 2.75) is 26.8 Å². The molecule has 0 aliphatic carbocycles. The zero-order valence-corrected chi connectivity index (χ0v) is 13.3. The van der Waals surface area contributed by atoms with Gasteiger partial charge in [-0.2, -0.15) is 0 Å². The van der Waals surface area contributed by atoms with Crippen molar-refractivity contribution in [2.75, 3.05) is 18.2 Å². The monoisotopic (exact) mass is 304 g/mol. The molecule has 0 aliphatic rings. The number of carbonyl (C=O) groups is 1. The minimum Gasteiger partial charge on any atom is -0.492 e. The molecule has 0 bridgehead atoms. The van der Waals surface area contributed by atoms with E-state index >= 15 is 0 Å². The van der Waals surface area contributed by atoms with Crippen molar-refractivity contribution in [1.82, 2.24) is 0 Å². The van der Waals surface area contributed by atoms with Crippen molar-refractivity contribution in [2.24, 2.45) is 0 Å². The quantitative estimate of drug-likeness (QED) is 0.798. The molecule has 1 aromatic heterocycles. The van der Waals surface area contributed by atoms with Crippen molar-refractivity contribution < 1.29 is 9.53 Å². The lowest BCUT2D eigenvalue weighted by Gasteiger charge is -2.07. The van der Waals surface area contributed by atoms with Crippen LogP contribution in [0.5, 0.6) is 5.75 Å². The summed E-state index contributed by atoms with van der Waals surface area (Å²) in [6, 6.07) is 8.44. The zero-order chi connectivity index (χ0) is 15.4. The van der Waals surface area contributed by atoms with Gasteiger partial charge in [-0.25, -0.2) is 0 Å². The number of carbonyl (C=O) groups excluding carboxylic acids is 1. The topological polar surface area (TPSA) is 64.4 Å². The minimum atomic E-state index is -0.0452. The molecule has 0 saturated carbocycles. The Labute approximate surface area is 128 Å². The lowest BCUT2D eigenvalue weighted by molar-refractivity contribution is 0.102. The van der Waals surface area contributed by atoms with Gasteiger partial charge < -0.3 is 15.8 Å². The van der Waals surface area contributed by atoms with Crippen LogP contribution in [0, 0.1) is 0 Å². The van der Waals surface area contributed by atoms with Gasteiger partial charge in [-0.05, 0) is 17.5 Å². The van der Waals surface area contributed by atoms with Gasteiger partial charge in [-0.1, -0.05) is 31.2 Å². The zero-order valence-electron chi connectivity index (χ0n) is 12.5. The summed E-state index contributed by atoms with van der Waals surface area (Å²) < 4.78 is 5.30. The number of benzene rings is 1. The number of hydrogen-bond donors (Lipinski definition) is 2. The first-order valence-electron chi connectivity index (χ1n) is 6.85. The van der Waals surface area contributed by atoms with Crippen molar-refractivity contribution >= 4 is 27.8 Å². The number of anilines is 2. The molecule has 0 spiro atoms. The molecular formula is C16H20N2O2S. The van der Waals surface area contributed by atoms with Crippen LogP contribution in [0.25, 0.3) is 0 Å². The van der Waals surface area contributed by atoms with Crippen LogP contribution in [0.15, 0.2) is 24.3 Å². The Morgan fingerprint density at radius 1 is 1.29 bits per heavy atom. The van der Waals surface area contributed by atoms with Crippen LogP contribution in [0.1, 0.15) is 34.6 Å². The van der Waals surface area contributed by atoms with Crippen LogP contribution >= 0.6 is 11.3 Å². The number of hydrogen-bond acceptors (Lipinski definition) is 5. The molecule has 0 radical (unpaired) electrons. The van der Waals surface area contributed by atoms with Crippen molar-refractivity contribution in [3.8, 4) is 5.75 Å². The number of nitrogens with two attached hydrogens (primary N) is 1. The maximum absolute atomic E-state index is 11.5. The van der Waals surface area contributed by atoms with E-state index in [1.54, 1.807) is 7.11 Å². The van der Waals surface area contributed by atoms with Gasteiger partial charge in [0.15, 0.2) is 11.5 Å². The Bertz CT molecular complexity index is 632. The number of aryl methyl sites for hydroxylation is 1. The predicted octanol–water partition coefficient (Wildman–Crippen LogP) is 3.72. The standard InChI is InChI=1S/C16H20N2O2S/c1-4-11-5-7-12(8-6-11)9-18-16-14(20-3)13(17)15(21-16)10(2)19/h5-8,18H,4,9,17H2,1-3H3. The molecule has 3 N–H and O–H groups in total. The number of nitrogen functional groups attached to an aromatic ring is 1. The molecule has 0 unspecified atom stereocenters. The van der Waals surface area contributed by atoms with E-state index in [0.717, 1.165) is 11.4 Å². The Morgan fingerprint density at radius 3 is 2.43 bits per heavy atom. The number of thiophene rings is 1. The summed E-state index contributed by atoms with van der Waals surface area (Å²) in [5, 5.41) is 4.09. The van der Waals surface area contributed by atoms with Gasteiger partial charge in [0.05, 0.1) is 17.7 Å². The molecule has 21 heavy (non-hydrogen) atoms. The number of Topliss-reactive ketones (excluding diaryl/α,β-unsaturated/α-hetero) is 1. The Hall–Kier alpha value is -2.01. The first-order valence-corrected chi connectivity index (χ1v) is 7.67. The second kappa shape index (κ2) is 6.63. The minimum absolute atomic E-state index is 0.0452. The maximum atomic E-state index is 11.5. The fourth-order valence-electron chi connectivity index (χ4n) is 2.08. The van der Waals surface area contributed by atoms with Gasteiger partial charge in [0.25, 0.3) is 0 Å². The average molecular weight is 304 g/mol.